The van der Waals surface area contributed by atoms with Crippen LogP contribution in [0.3, 0.4) is 0 Å². The Balaban J connectivity index is 2.15. The maximum absolute atomic E-state index is 13.6. The van der Waals surface area contributed by atoms with E-state index in [4.69, 9.17) is 10.00 Å². The fourth-order valence-electron chi connectivity index (χ4n) is 1.63. The summed E-state index contributed by atoms with van der Waals surface area (Å²) in [6, 6.07) is 13.2. The smallest absolute Gasteiger partial charge is 0.167 e. The number of anilines is 1. The van der Waals surface area contributed by atoms with E-state index < -0.39 is 5.82 Å². The molecule has 0 aliphatic heterocycles. The molecule has 2 rings (SSSR count). The zero-order valence-electron chi connectivity index (χ0n) is 10.5. The quantitative estimate of drug-likeness (QED) is 0.901. The largest absolute Gasteiger partial charge is 0.454 e. The van der Waals surface area contributed by atoms with Crippen molar-refractivity contribution in [2.75, 3.05) is 11.9 Å². The van der Waals surface area contributed by atoms with Gasteiger partial charge in [-0.1, -0.05) is 0 Å². The molecule has 0 heterocycles. The standard InChI is InChI=1S/C15H13FN2O/c1-2-18-12-4-6-13(7-5-12)19-15-8-3-11(10-17)9-14(15)16/h3-9,18H,2H2,1H3. The van der Waals surface area contributed by atoms with Crippen LogP contribution in [0.4, 0.5) is 10.1 Å². The Hall–Kier alpha value is -2.54. The molecule has 0 aliphatic rings. The lowest BCUT2D eigenvalue weighted by molar-refractivity contribution is 0.442. The van der Waals surface area contributed by atoms with Crippen molar-refractivity contribution in [3.8, 4) is 17.6 Å². The number of halogens is 1. The van der Waals surface area contributed by atoms with E-state index in [0.29, 0.717) is 5.75 Å². The highest BCUT2D eigenvalue weighted by Crippen LogP contribution is 2.26. The fourth-order valence-corrected chi connectivity index (χ4v) is 1.63. The van der Waals surface area contributed by atoms with E-state index in [1.54, 1.807) is 12.1 Å². The van der Waals surface area contributed by atoms with Gasteiger partial charge in [0.05, 0.1) is 11.6 Å². The first-order valence-electron chi connectivity index (χ1n) is 5.94. The topological polar surface area (TPSA) is 45.0 Å². The normalized spacial score (nSPS) is 9.74. The molecule has 0 aromatic heterocycles. The number of hydrogen-bond donors (Lipinski definition) is 1. The van der Waals surface area contributed by atoms with Gasteiger partial charge in [0.25, 0.3) is 0 Å². The van der Waals surface area contributed by atoms with Gasteiger partial charge in [-0.2, -0.15) is 5.26 Å². The molecule has 0 fully saturated rings. The first-order chi connectivity index (χ1) is 9.22. The van der Waals surface area contributed by atoms with Gasteiger partial charge in [0.2, 0.25) is 0 Å². The Morgan fingerprint density at radius 2 is 1.95 bits per heavy atom. The van der Waals surface area contributed by atoms with E-state index in [2.05, 4.69) is 5.32 Å². The Labute approximate surface area is 111 Å². The van der Waals surface area contributed by atoms with Gasteiger partial charge in [-0.3, -0.25) is 0 Å². The van der Waals surface area contributed by atoms with Gasteiger partial charge < -0.3 is 10.1 Å². The Bertz CT molecular complexity index is 603. The van der Waals surface area contributed by atoms with Gasteiger partial charge in [0, 0.05) is 12.2 Å². The number of nitrogens with zero attached hydrogens (tertiary/aromatic N) is 1. The highest BCUT2D eigenvalue weighted by atomic mass is 19.1. The van der Waals surface area contributed by atoms with E-state index in [1.807, 2.05) is 25.1 Å². The second-order valence-corrected chi connectivity index (χ2v) is 3.91. The summed E-state index contributed by atoms with van der Waals surface area (Å²) in [5.74, 6) is 0.107. The van der Waals surface area contributed by atoms with E-state index >= 15 is 0 Å². The van der Waals surface area contributed by atoms with Gasteiger partial charge in [-0.05, 0) is 49.4 Å². The first-order valence-corrected chi connectivity index (χ1v) is 5.94. The second-order valence-electron chi connectivity index (χ2n) is 3.91. The number of benzene rings is 2. The number of ether oxygens (including phenoxy) is 1. The summed E-state index contributed by atoms with van der Waals surface area (Å²) in [5, 5.41) is 11.8. The molecule has 0 spiro atoms. The highest BCUT2D eigenvalue weighted by molar-refractivity contribution is 5.47. The van der Waals surface area contributed by atoms with E-state index in [-0.39, 0.29) is 11.3 Å². The van der Waals surface area contributed by atoms with Gasteiger partial charge in [0.1, 0.15) is 5.75 Å². The average Bonchev–Trinajstić information content (AvgIpc) is 2.43. The van der Waals surface area contributed by atoms with Crippen LogP contribution >= 0.6 is 0 Å². The summed E-state index contributed by atoms with van der Waals surface area (Å²) in [6.45, 7) is 2.85. The summed E-state index contributed by atoms with van der Waals surface area (Å²) in [6.07, 6.45) is 0. The first kappa shape index (κ1) is 12.9. The van der Waals surface area contributed by atoms with Crippen LogP contribution in [0.5, 0.6) is 11.5 Å². The summed E-state index contributed by atoms with van der Waals surface area (Å²) >= 11 is 0. The minimum Gasteiger partial charge on any atom is -0.454 e. The molecule has 0 aliphatic carbocycles. The van der Waals surface area contributed by atoms with Crippen LogP contribution in [0, 0.1) is 17.1 Å². The second kappa shape index (κ2) is 5.87. The molecule has 0 bridgehead atoms. The molecule has 19 heavy (non-hydrogen) atoms. The predicted octanol–water partition coefficient (Wildman–Crippen LogP) is 3.92. The summed E-state index contributed by atoms with van der Waals surface area (Å²) in [7, 11) is 0. The van der Waals surface area contributed by atoms with Crippen LogP contribution in [0.1, 0.15) is 12.5 Å². The molecular formula is C15H13FN2O. The highest BCUT2D eigenvalue weighted by Gasteiger charge is 2.06. The van der Waals surface area contributed by atoms with Crippen LogP contribution in [0.2, 0.25) is 0 Å². The van der Waals surface area contributed by atoms with E-state index in [1.165, 1.54) is 12.1 Å². The molecule has 3 nitrogen and oxygen atoms in total. The van der Waals surface area contributed by atoms with Crippen molar-refractivity contribution < 1.29 is 9.13 Å². The molecule has 0 radical (unpaired) electrons. The van der Waals surface area contributed by atoms with Crippen molar-refractivity contribution in [1.82, 2.24) is 0 Å². The number of nitrogens with one attached hydrogen (secondary N) is 1. The Morgan fingerprint density at radius 3 is 2.53 bits per heavy atom. The minimum absolute atomic E-state index is 0.107. The van der Waals surface area contributed by atoms with Gasteiger partial charge in [-0.25, -0.2) is 4.39 Å². The maximum Gasteiger partial charge on any atom is 0.167 e. The monoisotopic (exact) mass is 256 g/mol. The Kier molecular flexibility index (Phi) is 3.99. The third-order valence-corrected chi connectivity index (χ3v) is 2.52. The third kappa shape index (κ3) is 3.23. The molecule has 1 N–H and O–H groups in total. The SMILES string of the molecule is CCNc1ccc(Oc2ccc(C#N)cc2F)cc1. The van der Waals surface area contributed by atoms with Crippen molar-refractivity contribution >= 4 is 5.69 Å². The summed E-state index contributed by atoms with van der Waals surface area (Å²) in [4.78, 5) is 0. The third-order valence-electron chi connectivity index (χ3n) is 2.52. The van der Waals surface area contributed by atoms with Gasteiger partial charge >= 0.3 is 0 Å². The van der Waals surface area contributed by atoms with Crippen molar-refractivity contribution in [3.05, 3.63) is 53.8 Å². The molecule has 2 aromatic rings. The number of hydrogen-bond acceptors (Lipinski definition) is 3. The van der Waals surface area contributed by atoms with Crippen molar-refractivity contribution in [3.63, 3.8) is 0 Å². The van der Waals surface area contributed by atoms with Gasteiger partial charge in [0.15, 0.2) is 11.6 Å². The van der Waals surface area contributed by atoms with Gasteiger partial charge in [-0.15, -0.1) is 0 Å². The lowest BCUT2D eigenvalue weighted by Crippen LogP contribution is -1.96. The Morgan fingerprint density at radius 1 is 1.21 bits per heavy atom. The van der Waals surface area contributed by atoms with Crippen molar-refractivity contribution in [2.24, 2.45) is 0 Å². The van der Waals surface area contributed by atoms with E-state index in [9.17, 15) is 4.39 Å². The molecular weight excluding hydrogens is 243 g/mol. The molecule has 0 unspecified atom stereocenters. The van der Waals surface area contributed by atoms with Crippen LogP contribution in [-0.4, -0.2) is 6.54 Å². The lowest BCUT2D eigenvalue weighted by Gasteiger charge is -2.08. The molecule has 4 heteroatoms. The van der Waals surface area contributed by atoms with Crippen LogP contribution in [0.25, 0.3) is 0 Å². The predicted molar refractivity (Wildman–Crippen MR) is 71.8 cm³/mol. The molecule has 0 amide bonds. The maximum atomic E-state index is 13.6. The van der Waals surface area contributed by atoms with Crippen LogP contribution in [0.15, 0.2) is 42.5 Å². The zero-order chi connectivity index (χ0) is 13.7. The number of rotatable bonds is 4. The minimum atomic E-state index is -0.546. The van der Waals surface area contributed by atoms with E-state index in [0.717, 1.165) is 18.3 Å². The zero-order valence-corrected chi connectivity index (χ0v) is 10.5. The fraction of sp³-hybridized carbons (Fsp3) is 0.133. The molecule has 2 aromatic carbocycles. The number of nitriles is 1. The molecule has 0 saturated carbocycles. The molecule has 96 valence electrons. The molecule has 0 saturated heterocycles. The average molecular weight is 256 g/mol. The van der Waals surface area contributed by atoms with Crippen LogP contribution < -0.4 is 10.1 Å². The van der Waals surface area contributed by atoms with Crippen LogP contribution in [-0.2, 0) is 0 Å². The summed E-state index contributed by atoms with van der Waals surface area (Å²) < 4.78 is 19.1. The lowest BCUT2D eigenvalue weighted by atomic mass is 10.2. The van der Waals surface area contributed by atoms with Crippen molar-refractivity contribution in [1.29, 1.82) is 5.26 Å². The molecule has 0 atom stereocenters. The summed E-state index contributed by atoms with van der Waals surface area (Å²) in [5.41, 5.74) is 1.25. The van der Waals surface area contributed by atoms with Crippen molar-refractivity contribution in [2.45, 2.75) is 6.92 Å².